The molecule has 2 aromatic heterocycles. The number of benzene rings is 6. The Balaban J connectivity index is 0.00000544. The molecule has 0 spiro atoms. The van der Waals surface area contributed by atoms with Crippen LogP contribution in [0.25, 0.3) is 27.6 Å². The number of nitrogens with zero attached hydrogens (tertiary/aromatic N) is 4. The van der Waals surface area contributed by atoms with Crippen molar-refractivity contribution in [2.45, 2.75) is 97.8 Å². The summed E-state index contributed by atoms with van der Waals surface area (Å²) in [6.45, 7) is 27.1. The van der Waals surface area contributed by atoms with Crippen molar-refractivity contribution < 1.29 is 25.8 Å². The van der Waals surface area contributed by atoms with Crippen molar-refractivity contribution in [1.82, 2.24) is 9.55 Å². The van der Waals surface area contributed by atoms with Crippen molar-refractivity contribution in [3.63, 3.8) is 0 Å². The van der Waals surface area contributed by atoms with Crippen LogP contribution in [0.2, 0.25) is 0 Å². The summed E-state index contributed by atoms with van der Waals surface area (Å²) in [4.78, 5) is 9.54. The van der Waals surface area contributed by atoms with Crippen LogP contribution in [0.4, 0.5) is 22.7 Å². The van der Waals surface area contributed by atoms with Crippen molar-refractivity contribution in [3.05, 3.63) is 186 Å². The topological polar surface area (TPSA) is 33.5 Å². The molecular weight excluding hydrogens is 952 g/mol. The fourth-order valence-electron chi connectivity index (χ4n) is 8.53. The van der Waals surface area contributed by atoms with E-state index < -0.39 is 0 Å². The van der Waals surface area contributed by atoms with Gasteiger partial charge in [0.2, 0.25) is 0 Å². The smallest absolute Gasteiger partial charge is 0.135 e. The molecule has 3 heterocycles. The Morgan fingerprint density at radius 1 is 0.508 bits per heavy atom. The van der Waals surface area contributed by atoms with Gasteiger partial charge in [0.15, 0.2) is 0 Å². The van der Waals surface area contributed by atoms with Crippen LogP contribution in [-0.2, 0) is 42.7 Å². The molecular formula is C57H57N4OPt-3. The molecule has 9 rings (SSSR count). The second-order valence-corrected chi connectivity index (χ2v) is 20.4. The van der Waals surface area contributed by atoms with Crippen LogP contribution in [0.3, 0.4) is 0 Å². The van der Waals surface area contributed by atoms with Gasteiger partial charge in [-0.15, -0.1) is 53.6 Å². The molecule has 324 valence electrons. The number of ether oxygens (including phenoxy) is 1. The average molecular weight is 1010 g/mol. The maximum atomic E-state index is 6.88. The Morgan fingerprint density at radius 2 is 1.19 bits per heavy atom. The van der Waals surface area contributed by atoms with Crippen LogP contribution < -0.4 is 14.5 Å². The Bertz CT molecular complexity index is 2960. The van der Waals surface area contributed by atoms with Gasteiger partial charge in [-0.1, -0.05) is 148 Å². The van der Waals surface area contributed by atoms with Gasteiger partial charge in [0.25, 0.3) is 0 Å². The van der Waals surface area contributed by atoms with Crippen LogP contribution in [-0.4, -0.2) is 9.55 Å². The van der Waals surface area contributed by atoms with Gasteiger partial charge in [-0.3, -0.25) is 0 Å². The van der Waals surface area contributed by atoms with E-state index in [2.05, 4.69) is 237 Å². The molecule has 0 saturated heterocycles. The predicted octanol–water partition coefficient (Wildman–Crippen LogP) is 15.2. The third-order valence-electron chi connectivity index (χ3n) is 12.5. The summed E-state index contributed by atoms with van der Waals surface area (Å²) >= 11 is 0. The van der Waals surface area contributed by atoms with Crippen LogP contribution in [0.15, 0.2) is 140 Å². The van der Waals surface area contributed by atoms with E-state index in [1.807, 2.05) is 12.3 Å². The molecule has 0 bridgehead atoms. The van der Waals surface area contributed by atoms with Gasteiger partial charge in [-0.25, -0.2) is 4.98 Å². The Labute approximate surface area is 389 Å². The molecule has 1 aliphatic rings. The van der Waals surface area contributed by atoms with Gasteiger partial charge in [0.1, 0.15) is 5.82 Å². The zero-order valence-corrected chi connectivity index (χ0v) is 40.6. The first-order chi connectivity index (χ1) is 29.4. The van der Waals surface area contributed by atoms with E-state index in [-0.39, 0.29) is 42.7 Å². The first-order valence-corrected chi connectivity index (χ1v) is 21.8. The fraction of sp³-hybridized carbons (Fsp3) is 0.263. The zero-order chi connectivity index (χ0) is 43.8. The molecule has 5 nitrogen and oxygen atoms in total. The number of rotatable bonds is 7. The number of hydrogen-bond donors (Lipinski definition) is 0. The fourth-order valence-corrected chi connectivity index (χ4v) is 8.53. The van der Waals surface area contributed by atoms with E-state index in [9.17, 15) is 0 Å². The molecule has 6 heteroatoms. The van der Waals surface area contributed by atoms with E-state index in [0.717, 1.165) is 55.9 Å². The minimum atomic E-state index is -0.226. The Kier molecular flexibility index (Phi) is 11.3. The maximum absolute atomic E-state index is 6.88. The first kappa shape index (κ1) is 44.0. The summed E-state index contributed by atoms with van der Waals surface area (Å²) in [5.41, 5.74) is 12.0. The molecule has 0 atom stereocenters. The van der Waals surface area contributed by atoms with Gasteiger partial charge in [-0.05, 0) is 86.3 Å². The Hall–Kier alpha value is -5.64. The summed E-state index contributed by atoms with van der Waals surface area (Å²) in [7, 11) is 0. The summed E-state index contributed by atoms with van der Waals surface area (Å²) in [5, 5.41) is 2.22. The van der Waals surface area contributed by atoms with Crippen molar-refractivity contribution in [2.24, 2.45) is 0 Å². The van der Waals surface area contributed by atoms with Gasteiger partial charge in [-0.2, -0.15) is 6.07 Å². The average Bonchev–Trinajstić information content (AvgIpc) is 3.79. The number of hydrogen-bond acceptors (Lipinski definition) is 4. The van der Waals surface area contributed by atoms with Crippen LogP contribution in [0.5, 0.6) is 11.5 Å². The first-order valence-electron chi connectivity index (χ1n) is 21.8. The quantitative estimate of drug-likeness (QED) is 0.149. The number of pyridine rings is 1. The van der Waals surface area contributed by atoms with Gasteiger partial charge in [0.05, 0.1) is 0 Å². The third-order valence-corrected chi connectivity index (χ3v) is 12.5. The zero-order valence-electron chi connectivity index (χ0n) is 38.4. The third kappa shape index (κ3) is 8.33. The second-order valence-electron chi connectivity index (χ2n) is 20.4. The minimum absolute atomic E-state index is 0. The van der Waals surface area contributed by atoms with Crippen molar-refractivity contribution in [1.29, 1.82) is 0 Å². The summed E-state index contributed by atoms with van der Waals surface area (Å²) in [5.74, 6) is 2.08. The number of aromatic nitrogens is 2. The van der Waals surface area contributed by atoms with Gasteiger partial charge < -0.3 is 19.1 Å². The van der Waals surface area contributed by atoms with Gasteiger partial charge >= 0.3 is 0 Å². The molecule has 63 heavy (non-hydrogen) atoms. The van der Waals surface area contributed by atoms with E-state index in [1.165, 1.54) is 22.3 Å². The molecule has 0 amide bonds. The van der Waals surface area contributed by atoms with Crippen LogP contribution >= 0.6 is 0 Å². The SMILES string of the molecule is CC(C)(C)c1cc(Oc2[c-]c3c(cc2)c2ccccc2n3-c2cc(C(C)(C)c3ccccc3)ccn2)[c-]c(N2[CH-]N(c3cccc(C(C)(C)C)c3)c3ccc(C(C)(C)C)cc32)c1.[Pt]. The maximum Gasteiger partial charge on any atom is 0.135 e. The molecule has 0 fully saturated rings. The van der Waals surface area contributed by atoms with Crippen molar-refractivity contribution >= 4 is 44.6 Å². The summed E-state index contributed by atoms with van der Waals surface area (Å²) in [6.07, 6.45) is 1.92. The molecule has 1 aliphatic heterocycles. The minimum Gasteiger partial charge on any atom is -0.509 e. The monoisotopic (exact) mass is 1010 g/mol. The predicted molar refractivity (Wildman–Crippen MR) is 259 cm³/mol. The van der Waals surface area contributed by atoms with Crippen molar-refractivity contribution in [3.8, 4) is 17.3 Å². The normalized spacial score (nSPS) is 13.4. The summed E-state index contributed by atoms with van der Waals surface area (Å²) < 4.78 is 9.09. The molecule has 0 saturated carbocycles. The van der Waals surface area contributed by atoms with Crippen molar-refractivity contribution in [2.75, 3.05) is 9.80 Å². The molecule has 0 aliphatic carbocycles. The van der Waals surface area contributed by atoms with E-state index in [1.54, 1.807) is 0 Å². The molecule has 6 aromatic carbocycles. The summed E-state index contributed by atoms with van der Waals surface area (Å²) in [6, 6.07) is 55.2. The molecule has 8 aromatic rings. The number of fused-ring (bicyclic) bond motifs is 4. The van der Waals surface area contributed by atoms with Gasteiger partial charge in [0, 0.05) is 66.8 Å². The largest absolute Gasteiger partial charge is 0.509 e. The number of anilines is 4. The van der Waals surface area contributed by atoms with Crippen LogP contribution in [0.1, 0.15) is 104 Å². The van der Waals surface area contributed by atoms with E-state index in [4.69, 9.17) is 9.72 Å². The Morgan fingerprint density at radius 3 is 1.92 bits per heavy atom. The molecule has 0 N–H and O–H groups in total. The van der Waals surface area contributed by atoms with E-state index in [0.29, 0.717) is 11.5 Å². The number of para-hydroxylation sites is 1. The van der Waals surface area contributed by atoms with Crippen LogP contribution in [0, 0.1) is 18.8 Å². The molecule has 0 unspecified atom stereocenters. The standard InChI is InChI=1S/C57H57N4O.Pt/c1-54(2,3)39-20-17-21-43(30-39)59-37-60(52-33-40(55(4,5)6)24-27-50(52)59)44-31-42(56(7,8)9)32-46(35-44)62-45-25-26-48-47-22-15-16-23-49(47)61(51(48)36-45)53-34-41(28-29-58-53)57(10,11)38-18-13-12-14-19-38;/h12-34,37H,1-11H3;/q-3;. The second kappa shape index (κ2) is 16.2. The van der Waals surface area contributed by atoms with E-state index >= 15 is 0 Å². The molecule has 0 radical (unpaired) electrons.